The number of anilines is 2. The minimum absolute atomic E-state index is 0.0298. The molecule has 94 valence electrons. The summed E-state index contributed by atoms with van der Waals surface area (Å²) in [6.07, 6.45) is 0.0298. The molecule has 0 aliphatic heterocycles. The van der Waals surface area contributed by atoms with Gasteiger partial charge in [0.2, 0.25) is 0 Å². The molecule has 18 heavy (non-hydrogen) atoms. The zero-order chi connectivity index (χ0) is 13.0. The second-order valence-electron chi connectivity index (χ2n) is 3.70. The molecule has 0 atom stereocenters. The summed E-state index contributed by atoms with van der Waals surface area (Å²) in [6, 6.07) is 9.32. The van der Waals surface area contributed by atoms with Gasteiger partial charge in [-0.05, 0) is 41.3 Å². The van der Waals surface area contributed by atoms with Crippen molar-refractivity contribution in [1.29, 1.82) is 0 Å². The highest BCUT2D eigenvalue weighted by Gasteiger charge is 2.08. The molecular weight excluding hydrogens is 250 g/mol. The summed E-state index contributed by atoms with van der Waals surface area (Å²) in [5, 5.41) is 14.8. The van der Waals surface area contributed by atoms with Crippen molar-refractivity contribution in [1.82, 2.24) is 0 Å². The number of carboxylic acid groups (broad SMARTS) is 1. The molecule has 0 aliphatic rings. The minimum Gasteiger partial charge on any atom is -0.497 e. The fourth-order valence-electron chi connectivity index (χ4n) is 1.55. The van der Waals surface area contributed by atoms with Crippen molar-refractivity contribution in [3.8, 4) is 5.75 Å². The lowest BCUT2D eigenvalue weighted by molar-refractivity contribution is -0.136. The number of carboxylic acids is 1. The van der Waals surface area contributed by atoms with Gasteiger partial charge < -0.3 is 15.2 Å². The van der Waals surface area contributed by atoms with Crippen LogP contribution in [0.2, 0.25) is 0 Å². The van der Waals surface area contributed by atoms with E-state index in [1.54, 1.807) is 7.11 Å². The second-order valence-corrected chi connectivity index (χ2v) is 4.62. The van der Waals surface area contributed by atoms with Gasteiger partial charge in [-0.25, -0.2) is 0 Å². The fourth-order valence-corrected chi connectivity index (χ4v) is 2.39. The molecule has 5 heteroatoms. The Hall–Kier alpha value is -2.01. The predicted octanol–water partition coefficient (Wildman–Crippen LogP) is 3.13. The van der Waals surface area contributed by atoms with Gasteiger partial charge >= 0.3 is 5.97 Å². The largest absolute Gasteiger partial charge is 0.497 e. The van der Waals surface area contributed by atoms with Gasteiger partial charge in [0.05, 0.1) is 18.5 Å². The molecule has 0 fully saturated rings. The smallest absolute Gasteiger partial charge is 0.307 e. The highest BCUT2D eigenvalue weighted by Crippen LogP contribution is 2.28. The topological polar surface area (TPSA) is 58.6 Å². The van der Waals surface area contributed by atoms with Crippen molar-refractivity contribution in [2.24, 2.45) is 0 Å². The van der Waals surface area contributed by atoms with Crippen LogP contribution in [-0.4, -0.2) is 18.2 Å². The number of hydrogen-bond acceptors (Lipinski definition) is 4. The van der Waals surface area contributed by atoms with Crippen molar-refractivity contribution in [3.63, 3.8) is 0 Å². The van der Waals surface area contributed by atoms with Crippen molar-refractivity contribution in [2.75, 3.05) is 12.4 Å². The van der Waals surface area contributed by atoms with Crippen LogP contribution in [0.5, 0.6) is 5.75 Å². The fraction of sp³-hybridized carbons (Fsp3) is 0.154. The third-order valence-corrected chi connectivity index (χ3v) is 3.31. The summed E-state index contributed by atoms with van der Waals surface area (Å²) in [6.45, 7) is 0. The molecule has 0 radical (unpaired) electrons. The van der Waals surface area contributed by atoms with Gasteiger partial charge in [-0.3, -0.25) is 4.79 Å². The Kier molecular flexibility index (Phi) is 3.84. The first-order valence-corrected chi connectivity index (χ1v) is 6.26. The number of methoxy groups -OCH3 is 1. The molecule has 1 aromatic heterocycles. The maximum Gasteiger partial charge on any atom is 0.307 e. The van der Waals surface area contributed by atoms with E-state index in [4.69, 9.17) is 9.84 Å². The van der Waals surface area contributed by atoms with Crippen LogP contribution in [0.15, 0.2) is 35.7 Å². The molecule has 1 aromatic carbocycles. The average Bonchev–Trinajstić information content (AvgIpc) is 2.77. The first kappa shape index (κ1) is 12.4. The lowest BCUT2D eigenvalue weighted by Gasteiger charge is -2.07. The van der Waals surface area contributed by atoms with Gasteiger partial charge in [0.15, 0.2) is 0 Å². The van der Waals surface area contributed by atoms with E-state index in [1.807, 2.05) is 35.7 Å². The summed E-state index contributed by atoms with van der Waals surface area (Å²) < 4.78 is 5.08. The van der Waals surface area contributed by atoms with Crippen LogP contribution in [0, 0.1) is 0 Å². The van der Waals surface area contributed by atoms with Crippen LogP contribution >= 0.6 is 11.3 Å². The molecule has 0 aliphatic carbocycles. The first-order chi connectivity index (χ1) is 8.69. The minimum atomic E-state index is -0.828. The van der Waals surface area contributed by atoms with Gasteiger partial charge in [-0.15, -0.1) is 11.3 Å². The molecule has 0 saturated heterocycles. The van der Waals surface area contributed by atoms with Crippen LogP contribution in [0.3, 0.4) is 0 Å². The van der Waals surface area contributed by atoms with E-state index < -0.39 is 5.97 Å². The Balaban J connectivity index is 2.12. The molecule has 2 aromatic rings. The highest BCUT2D eigenvalue weighted by molar-refractivity contribution is 7.14. The molecule has 4 nitrogen and oxygen atoms in total. The third-order valence-electron chi connectivity index (χ3n) is 2.44. The van der Waals surface area contributed by atoms with Crippen molar-refractivity contribution in [3.05, 3.63) is 41.3 Å². The van der Waals surface area contributed by atoms with E-state index in [2.05, 4.69) is 5.32 Å². The molecule has 0 unspecified atom stereocenters. The summed E-state index contributed by atoms with van der Waals surface area (Å²) in [7, 11) is 1.62. The van der Waals surface area contributed by atoms with Crippen LogP contribution < -0.4 is 10.1 Å². The molecule has 0 bridgehead atoms. The summed E-state index contributed by atoms with van der Waals surface area (Å²) >= 11 is 1.49. The Morgan fingerprint density at radius 1 is 1.33 bits per heavy atom. The van der Waals surface area contributed by atoms with Crippen LogP contribution in [0.4, 0.5) is 10.7 Å². The maximum atomic E-state index is 10.7. The number of aliphatic carboxylic acids is 1. The Morgan fingerprint density at radius 2 is 2.06 bits per heavy atom. The van der Waals surface area contributed by atoms with Crippen molar-refractivity contribution < 1.29 is 14.6 Å². The second kappa shape index (κ2) is 5.55. The van der Waals surface area contributed by atoms with Crippen LogP contribution in [0.25, 0.3) is 0 Å². The van der Waals surface area contributed by atoms with E-state index in [1.165, 1.54) is 11.3 Å². The summed E-state index contributed by atoms with van der Waals surface area (Å²) in [5.41, 5.74) is 1.70. The molecule has 2 N–H and O–H groups in total. The molecule has 0 amide bonds. The van der Waals surface area contributed by atoms with Crippen LogP contribution in [0.1, 0.15) is 5.56 Å². The number of carbonyl (C=O) groups is 1. The zero-order valence-corrected chi connectivity index (χ0v) is 10.7. The summed E-state index contributed by atoms with van der Waals surface area (Å²) in [4.78, 5) is 10.7. The first-order valence-electron chi connectivity index (χ1n) is 5.38. The molecule has 0 spiro atoms. The number of thiophene rings is 1. The van der Waals surface area contributed by atoms with Gasteiger partial charge in [0, 0.05) is 5.69 Å². The Bertz CT molecular complexity index is 533. The zero-order valence-electron chi connectivity index (χ0n) is 9.84. The number of nitrogens with one attached hydrogen (secondary N) is 1. The van der Waals surface area contributed by atoms with Crippen LogP contribution in [-0.2, 0) is 11.2 Å². The standard InChI is InChI=1S/C13H13NO3S/c1-17-11-4-2-10(3-5-11)14-13-9(6-7-18-13)8-12(15)16/h2-7,14H,8H2,1H3,(H,15,16). The van der Waals surface area contributed by atoms with Gasteiger partial charge in [0.25, 0.3) is 0 Å². The van der Waals surface area contributed by atoms with E-state index in [-0.39, 0.29) is 6.42 Å². The number of hydrogen-bond donors (Lipinski definition) is 2. The molecule has 1 heterocycles. The molecule has 2 rings (SSSR count). The summed E-state index contributed by atoms with van der Waals surface area (Å²) in [5.74, 6) is -0.0383. The maximum absolute atomic E-state index is 10.7. The Labute approximate surface area is 109 Å². The van der Waals surface area contributed by atoms with Crippen molar-refractivity contribution in [2.45, 2.75) is 6.42 Å². The van der Waals surface area contributed by atoms with Gasteiger partial charge in [0.1, 0.15) is 5.75 Å². The highest BCUT2D eigenvalue weighted by atomic mass is 32.1. The monoisotopic (exact) mass is 263 g/mol. The van der Waals surface area contributed by atoms with Crippen molar-refractivity contribution >= 4 is 28.0 Å². The number of rotatable bonds is 5. The SMILES string of the molecule is COc1ccc(Nc2sccc2CC(=O)O)cc1. The van der Waals surface area contributed by atoms with E-state index >= 15 is 0 Å². The normalized spacial score (nSPS) is 10.1. The van der Waals surface area contributed by atoms with E-state index in [0.717, 1.165) is 22.0 Å². The van der Waals surface area contributed by atoms with E-state index in [9.17, 15) is 4.79 Å². The quantitative estimate of drug-likeness (QED) is 0.870. The number of benzene rings is 1. The lowest BCUT2D eigenvalue weighted by atomic mass is 10.2. The average molecular weight is 263 g/mol. The van der Waals surface area contributed by atoms with Gasteiger partial charge in [-0.1, -0.05) is 0 Å². The Morgan fingerprint density at radius 3 is 2.67 bits per heavy atom. The third kappa shape index (κ3) is 3.01. The molecule has 0 saturated carbocycles. The van der Waals surface area contributed by atoms with Gasteiger partial charge in [-0.2, -0.15) is 0 Å². The van der Waals surface area contributed by atoms with E-state index in [0.29, 0.717) is 0 Å². The molecular formula is C13H13NO3S. The lowest BCUT2D eigenvalue weighted by Crippen LogP contribution is -2.01. The predicted molar refractivity (Wildman–Crippen MR) is 71.9 cm³/mol. The number of ether oxygens (including phenoxy) is 1.